The van der Waals surface area contributed by atoms with Gasteiger partial charge in [-0.15, -0.1) is 0 Å². The van der Waals surface area contributed by atoms with Crippen LogP contribution in [0.4, 0.5) is 4.79 Å². The number of hydrogen-bond acceptors (Lipinski definition) is 8. The molecule has 0 bridgehead atoms. The largest absolute Gasteiger partial charge is 0.444 e. The van der Waals surface area contributed by atoms with Crippen molar-refractivity contribution >= 4 is 23.0 Å². The van der Waals surface area contributed by atoms with Gasteiger partial charge < -0.3 is 23.8 Å². The van der Waals surface area contributed by atoms with E-state index in [9.17, 15) is 14.4 Å². The van der Waals surface area contributed by atoms with E-state index in [4.69, 9.17) is 14.0 Å². The van der Waals surface area contributed by atoms with Crippen LogP contribution in [0.5, 0.6) is 6.01 Å². The number of aromatic amines is 1. The molecule has 11 heteroatoms. The molecular formula is C25H37N5O6. The molecule has 1 fully saturated rings. The predicted molar refractivity (Wildman–Crippen MR) is 136 cm³/mol. The monoisotopic (exact) mass is 503 g/mol. The number of aryl methyl sites for hydroxylation is 1. The van der Waals surface area contributed by atoms with E-state index in [1.165, 1.54) is 6.07 Å². The SMILES string of the molecule is CCCCc1cc(=O)oc2nc(O/N=C(/CCC)N3CCN(C(=O)OC(C)(C)C)C[C@@H]3C)[nH]c(=O)c12. The lowest BCUT2D eigenvalue weighted by Gasteiger charge is -2.41. The van der Waals surface area contributed by atoms with Crippen molar-refractivity contribution in [2.24, 2.45) is 5.16 Å². The Morgan fingerprint density at radius 3 is 2.64 bits per heavy atom. The summed E-state index contributed by atoms with van der Waals surface area (Å²) in [6.07, 6.45) is 3.45. The highest BCUT2D eigenvalue weighted by molar-refractivity contribution is 5.82. The lowest BCUT2D eigenvalue weighted by Crippen LogP contribution is -2.56. The van der Waals surface area contributed by atoms with E-state index in [1.54, 1.807) is 4.90 Å². The van der Waals surface area contributed by atoms with E-state index in [0.717, 1.165) is 19.3 Å². The third kappa shape index (κ3) is 6.86. The first-order chi connectivity index (χ1) is 17.0. The highest BCUT2D eigenvalue weighted by Crippen LogP contribution is 2.18. The number of carbonyl (C=O) groups is 1. The summed E-state index contributed by atoms with van der Waals surface area (Å²) in [5.41, 5.74) is -1.03. The van der Waals surface area contributed by atoms with E-state index in [2.05, 4.69) is 20.0 Å². The first kappa shape index (κ1) is 27.2. The number of amidine groups is 1. The standard InChI is InChI=1S/C25H37N5O6/c1-7-9-11-17-14-19(31)34-22-20(17)21(32)26-23(27-22)36-28-18(10-8-2)30-13-12-29(15-16(30)3)24(33)35-25(4,5)6/h14,16H,7-13,15H2,1-6H3,(H,26,27,32)/b28-18-/t16-/m0/s1. The normalized spacial score (nSPS) is 16.9. The third-order valence-electron chi connectivity index (χ3n) is 5.80. The van der Waals surface area contributed by atoms with Crippen LogP contribution in [0.3, 0.4) is 0 Å². The van der Waals surface area contributed by atoms with E-state index in [1.807, 2.05) is 41.5 Å². The first-order valence-corrected chi connectivity index (χ1v) is 12.6. The summed E-state index contributed by atoms with van der Waals surface area (Å²) in [4.78, 5) is 53.3. The van der Waals surface area contributed by atoms with E-state index >= 15 is 0 Å². The van der Waals surface area contributed by atoms with Gasteiger partial charge in [0.2, 0.25) is 5.71 Å². The lowest BCUT2D eigenvalue weighted by molar-refractivity contribution is 0.0129. The molecule has 2 aromatic rings. The lowest BCUT2D eigenvalue weighted by atomic mass is 10.1. The molecule has 0 radical (unpaired) electrons. The predicted octanol–water partition coefficient (Wildman–Crippen LogP) is 3.65. The van der Waals surface area contributed by atoms with Gasteiger partial charge in [-0.25, -0.2) is 9.59 Å². The zero-order valence-electron chi connectivity index (χ0n) is 22.0. The van der Waals surface area contributed by atoms with Crippen molar-refractivity contribution in [3.05, 3.63) is 32.4 Å². The minimum absolute atomic E-state index is 0.0251. The zero-order chi connectivity index (χ0) is 26.5. The number of oxime groups is 1. The number of nitrogens with one attached hydrogen (secondary N) is 1. The van der Waals surface area contributed by atoms with Crippen molar-refractivity contribution in [2.75, 3.05) is 19.6 Å². The molecule has 1 N–H and O–H groups in total. The topological polar surface area (TPSA) is 130 Å². The summed E-state index contributed by atoms with van der Waals surface area (Å²) in [5.74, 6) is 0.676. The van der Waals surface area contributed by atoms with Crippen molar-refractivity contribution < 1.29 is 18.8 Å². The fourth-order valence-electron chi connectivity index (χ4n) is 4.13. The highest BCUT2D eigenvalue weighted by Gasteiger charge is 2.31. The van der Waals surface area contributed by atoms with Gasteiger partial charge in [0.1, 0.15) is 16.8 Å². The zero-order valence-corrected chi connectivity index (χ0v) is 22.0. The molecule has 0 aliphatic carbocycles. The van der Waals surface area contributed by atoms with Crippen LogP contribution in [0.25, 0.3) is 11.1 Å². The number of unbranched alkanes of at least 4 members (excludes halogenated alkanes) is 1. The quantitative estimate of drug-likeness (QED) is 0.344. The number of piperazine rings is 1. The van der Waals surface area contributed by atoms with Gasteiger partial charge >= 0.3 is 17.7 Å². The fraction of sp³-hybridized carbons (Fsp3) is 0.640. The molecule has 36 heavy (non-hydrogen) atoms. The van der Waals surface area contributed by atoms with E-state index < -0.39 is 16.8 Å². The molecule has 0 spiro atoms. The van der Waals surface area contributed by atoms with Gasteiger partial charge in [0.05, 0.1) is 0 Å². The molecule has 1 aliphatic rings. The molecule has 1 atom stereocenters. The number of fused-ring (bicyclic) bond motifs is 1. The fourth-order valence-corrected chi connectivity index (χ4v) is 4.13. The number of aromatic nitrogens is 2. The summed E-state index contributed by atoms with van der Waals surface area (Å²) in [5, 5.41) is 4.53. The molecule has 3 heterocycles. The van der Waals surface area contributed by atoms with E-state index in [0.29, 0.717) is 43.9 Å². The average Bonchev–Trinajstić information content (AvgIpc) is 2.78. The second kappa shape index (κ2) is 11.6. The Morgan fingerprint density at radius 1 is 1.25 bits per heavy atom. The smallest absolute Gasteiger partial charge is 0.410 e. The van der Waals surface area contributed by atoms with Gasteiger partial charge in [0.25, 0.3) is 5.56 Å². The van der Waals surface area contributed by atoms with Crippen molar-refractivity contribution in [1.82, 2.24) is 19.8 Å². The minimum Gasteiger partial charge on any atom is -0.444 e. The molecule has 11 nitrogen and oxygen atoms in total. The molecule has 2 aromatic heterocycles. The van der Waals surface area contributed by atoms with Gasteiger partial charge in [0.15, 0.2) is 0 Å². The minimum atomic E-state index is -0.565. The summed E-state index contributed by atoms with van der Waals surface area (Å²) in [6.45, 7) is 13.1. The Labute approximate surface area is 210 Å². The highest BCUT2D eigenvalue weighted by atomic mass is 16.6. The molecule has 1 amide bonds. The maximum Gasteiger partial charge on any atom is 0.410 e. The number of nitrogens with zero attached hydrogens (tertiary/aromatic N) is 4. The molecule has 0 saturated carbocycles. The number of rotatable bonds is 7. The third-order valence-corrected chi connectivity index (χ3v) is 5.80. The van der Waals surface area contributed by atoms with Crippen molar-refractivity contribution in [3.8, 4) is 6.01 Å². The van der Waals surface area contributed by atoms with Gasteiger partial charge in [-0.05, 0) is 52.5 Å². The molecule has 3 rings (SSSR count). The Balaban J connectivity index is 1.80. The van der Waals surface area contributed by atoms with Crippen LogP contribution in [-0.2, 0) is 11.2 Å². The summed E-state index contributed by atoms with van der Waals surface area (Å²) < 4.78 is 10.7. The summed E-state index contributed by atoms with van der Waals surface area (Å²) in [6, 6.07) is 1.16. The van der Waals surface area contributed by atoms with E-state index in [-0.39, 0.29) is 29.2 Å². The molecule has 198 valence electrons. The van der Waals surface area contributed by atoms with Gasteiger partial charge in [0, 0.05) is 38.2 Å². The maximum atomic E-state index is 12.8. The number of H-pyrrole nitrogens is 1. The average molecular weight is 504 g/mol. The van der Waals surface area contributed by atoms with Gasteiger partial charge in [-0.1, -0.05) is 25.4 Å². The summed E-state index contributed by atoms with van der Waals surface area (Å²) >= 11 is 0. The van der Waals surface area contributed by atoms with Crippen LogP contribution < -0.4 is 16.0 Å². The van der Waals surface area contributed by atoms with Crippen LogP contribution in [0.1, 0.15) is 72.8 Å². The van der Waals surface area contributed by atoms with Crippen molar-refractivity contribution in [2.45, 2.75) is 85.3 Å². The molecule has 0 unspecified atom stereocenters. The van der Waals surface area contributed by atoms with Gasteiger partial charge in [-0.3, -0.25) is 9.78 Å². The number of hydrogen-bond donors (Lipinski definition) is 1. The van der Waals surface area contributed by atoms with Crippen LogP contribution >= 0.6 is 0 Å². The van der Waals surface area contributed by atoms with Gasteiger partial charge in [-0.2, -0.15) is 4.98 Å². The molecular weight excluding hydrogens is 466 g/mol. The first-order valence-electron chi connectivity index (χ1n) is 12.6. The Hall–Kier alpha value is -3.37. The molecule has 0 aromatic carbocycles. The van der Waals surface area contributed by atoms with Crippen LogP contribution in [0.15, 0.2) is 25.2 Å². The number of carbonyl (C=O) groups excluding carboxylic acids is 1. The summed E-state index contributed by atoms with van der Waals surface area (Å²) in [7, 11) is 0. The van der Waals surface area contributed by atoms with Crippen LogP contribution in [-0.4, -0.2) is 63.0 Å². The second-order valence-corrected chi connectivity index (χ2v) is 10.1. The van der Waals surface area contributed by atoms with Crippen molar-refractivity contribution in [3.63, 3.8) is 0 Å². The second-order valence-electron chi connectivity index (χ2n) is 10.1. The maximum absolute atomic E-state index is 12.8. The Bertz CT molecular complexity index is 1210. The number of ether oxygens (including phenoxy) is 1. The Kier molecular flexibility index (Phi) is 8.75. The molecule has 1 aliphatic heterocycles. The van der Waals surface area contributed by atoms with Crippen LogP contribution in [0, 0.1) is 0 Å². The Morgan fingerprint density at radius 2 is 2.00 bits per heavy atom. The molecule has 1 saturated heterocycles. The van der Waals surface area contributed by atoms with Crippen molar-refractivity contribution in [1.29, 1.82) is 0 Å². The number of amides is 1. The van der Waals surface area contributed by atoms with Crippen LogP contribution in [0.2, 0.25) is 0 Å².